The van der Waals surface area contributed by atoms with E-state index < -0.39 is 58.4 Å². The van der Waals surface area contributed by atoms with Crippen molar-refractivity contribution in [2.24, 2.45) is 5.92 Å². The third-order valence-electron chi connectivity index (χ3n) is 6.49. The van der Waals surface area contributed by atoms with Crippen molar-refractivity contribution in [3.05, 3.63) is 33.9 Å². The van der Waals surface area contributed by atoms with Gasteiger partial charge in [-0.05, 0) is 37.7 Å². The maximum absolute atomic E-state index is 13.4. The van der Waals surface area contributed by atoms with Crippen molar-refractivity contribution in [1.82, 2.24) is 9.80 Å². The van der Waals surface area contributed by atoms with Gasteiger partial charge in [0.25, 0.3) is 11.6 Å². The fourth-order valence-corrected chi connectivity index (χ4v) is 5.17. The summed E-state index contributed by atoms with van der Waals surface area (Å²) in [6.07, 6.45) is 1.04. The van der Waals surface area contributed by atoms with Crippen LogP contribution in [0.25, 0.3) is 0 Å². The molecule has 11 heteroatoms. The van der Waals surface area contributed by atoms with Crippen molar-refractivity contribution in [2.75, 3.05) is 13.7 Å². The minimum Gasteiger partial charge on any atom is -0.508 e. The molecule has 1 aromatic carbocycles. The number of nitrogens with zero attached hydrogens (tertiary/aromatic N) is 3. The molecule has 5 atom stereocenters. The average molecular weight is 433 g/mol. The van der Waals surface area contributed by atoms with Crippen LogP contribution in [0, 0.1) is 16.0 Å². The van der Waals surface area contributed by atoms with Crippen molar-refractivity contribution < 1.29 is 34.3 Å². The second kappa shape index (κ2) is 7.80. The first-order valence-electron chi connectivity index (χ1n) is 10.1. The van der Waals surface area contributed by atoms with Crippen LogP contribution in [0.2, 0.25) is 0 Å². The standard InChI is InChI=1S/C20H23N3O8/c1-31-20(28)14-3-2-4-21(14)19(27)17-10-7-15(16(25)8-10)22(17)18(26)11-5-12(23(29)30)9-13(24)6-11/h5-6,9-10,14-17,24-25H,2-4,7-8H2,1H3/t10?,14?,15?,16-,17+/m0/s1. The van der Waals surface area contributed by atoms with Crippen LogP contribution < -0.4 is 0 Å². The van der Waals surface area contributed by atoms with Crippen molar-refractivity contribution in [1.29, 1.82) is 0 Å². The summed E-state index contributed by atoms with van der Waals surface area (Å²) in [5.74, 6) is -2.33. The highest BCUT2D eigenvalue weighted by molar-refractivity contribution is 6.00. The molecule has 3 aliphatic rings. The zero-order valence-electron chi connectivity index (χ0n) is 16.8. The predicted octanol–water partition coefficient (Wildman–Crippen LogP) is 0.428. The molecule has 166 valence electrons. The van der Waals surface area contributed by atoms with Gasteiger partial charge in [0.15, 0.2) is 0 Å². The van der Waals surface area contributed by atoms with E-state index in [0.717, 1.165) is 18.2 Å². The molecule has 2 amide bonds. The molecule has 3 fully saturated rings. The van der Waals surface area contributed by atoms with E-state index in [2.05, 4.69) is 0 Å². The molecule has 2 saturated heterocycles. The number of piperidine rings is 1. The van der Waals surface area contributed by atoms with Gasteiger partial charge in [0.1, 0.15) is 17.8 Å². The molecule has 0 aromatic heterocycles. The number of amides is 2. The predicted molar refractivity (Wildman–Crippen MR) is 104 cm³/mol. The summed E-state index contributed by atoms with van der Waals surface area (Å²) in [6.45, 7) is 0.356. The number of methoxy groups -OCH3 is 1. The number of rotatable bonds is 4. The van der Waals surface area contributed by atoms with Crippen LogP contribution in [-0.2, 0) is 14.3 Å². The highest BCUT2D eigenvalue weighted by atomic mass is 16.6. The molecule has 2 N–H and O–H groups in total. The first-order chi connectivity index (χ1) is 14.7. The van der Waals surface area contributed by atoms with Gasteiger partial charge in [-0.3, -0.25) is 19.7 Å². The van der Waals surface area contributed by atoms with Gasteiger partial charge in [-0.25, -0.2) is 4.79 Å². The summed E-state index contributed by atoms with van der Waals surface area (Å²) in [4.78, 5) is 52.0. The van der Waals surface area contributed by atoms with E-state index in [9.17, 15) is 34.7 Å². The Bertz CT molecular complexity index is 950. The summed E-state index contributed by atoms with van der Waals surface area (Å²) < 4.78 is 4.80. The summed E-state index contributed by atoms with van der Waals surface area (Å²) in [5.41, 5.74) is -0.600. The lowest BCUT2D eigenvalue weighted by Gasteiger charge is -2.39. The van der Waals surface area contributed by atoms with E-state index in [4.69, 9.17) is 4.74 Å². The number of likely N-dealkylation sites (tertiary alicyclic amines) is 2. The van der Waals surface area contributed by atoms with Crippen LogP contribution in [-0.4, -0.2) is 80.6 Å². The average Bonchev–Trinajstić information content (AvgIpc) is 3.45. The topological polar surface area (TPSA) is 151 Å². The number of hydrogen-bond donors (Lipinski definition) is 2. The fraction of sp³-hybridized carbons (Fsp3) is 0.550. The maximum Gasteiger partial charge on any atom is 0.328 e. The van der Waals surface area contributed by atoms with Crippen molar-refractivity contribution in [3.63, 3.8) is 0 Å². The molecule has 1 aliphatic carbocycles. The van der Waals surface area contributed by atoms with Crippen LogP contribution in [0.5, 0.6) is 5.75 Å². The first-order valence-corrected chi connectivity index (χ1v) is 10.1. The second-order valence-corrected chi connectivity index (χ2v) is 8.23. The molecule has 31 heavy (non-hydrogen) atoms. The van der Waals surface area contributed by atoms with Crippen molar-refractivity contribution in [2.45, 2.75) is 49.9 Å². The van der Waals surface area contributed by atoms with Gasteiger partial charge in [-0.2, -0.15) is 0 Å². The monoisotopic (exact) mass is 433 g/mol. The number of nitro groups is 1. The molecule has 0 radical (unpaired) electrons. The lowest BCUT2D eigenvalue weighted by Crippen LogP contribution is -2.58. The number of nitro benzene ring substituents is 1. The van der Waals surface area contributed by atoms with Gasteiger partial charge < -0.3 is 24.7 Å². The second-order valence-electron chi connectivity index (χ2n) is 8.23. The molecule has 1 saturated carbocycles. The fourth-order valence-electron chi connectivity index (χ4n) is 5.17. The highest BCUT2D eigenvalue weighted by Crippen LogP contribution is 2.45. The smallest absolute Gasteiger partial charge is 0.328 e. The van der Waals surface area contributed by atoms with E-state index in [1.165, 1.54) is 16.9 Å². The molecule has 0 spiro atoms. The van der Waals surface area contributed by atoms with Crippen molar-refractivity contribution in [3.8, 4) is 5.75 Å². The minimum absolute atomic E-state index is 0.143. The van der Waals surface area contributed by atoms with Gasteiger partial charge in [0.2, 0.25) is 5.91 Å². The largest absolute Gasteiger partial charge is 0.508 e. The Morgan fingerprint density at radius 2 is 1.97 bits per heavy atom. The first kappa shape index (κ1) is 21.0. The Kier molecular flexibility index (Phi) is 5.29. The molecular weight excluding hydrogens is 410 g/mol. The van der Waals surface area contributed by atoms with E-state index in [0.29, 0.717) is 32.2 Å². The summed E-state index contributed by atoms with van der Waals surface area (Å²) in [5, 5.41) is 31.3. The van der Waals surface area contributed by atoms with Crippen molar-refractivity contribution >= 4 is 23.5 Å². The zero-order chi connectivity index (χ0) is 22.4. The normalized spacial score (nSPS) is 29.3. The molecular formula is C20H23N3O8. The lowest BCUT2D eigenvalue weighted by atomic mass is 9.95. The van der Waals surface area contributed by atoms with Gasteiger partial charge in [-0.1, -0.05) is 0 Å². The zero-order valence-corrected chi connectivity index (χ0v) is 16.8. The van der Waals surface area contributed by atoms with E-state index >= 15 is 0 Å². The Morgan fingerprint density at radius 3 is 2.65 bits per heavy atom. The molecule has 1 aromatic rings. The minimum atomic E-state index is -0.896. The van der Waals surface area contributed by atoms with E-state index in [1.54, 1.807) is 0 Å². The number of carbonyl (C=O) groups is 3. The number of esters is 1. The van der Waals surface area contributed by atoms with Crippen LogP contribution in [0.15, 0.2) is 18.2 Å². The number of non-ortho nitro benzene ring substituents is 1. The Hall–Kier alpha value is -3.21. The van der Waals surface area contributed by atoms with Gasteiger partial charge in [0, 0.05) is 12.6 Å². The molecule has 3 unspecified atom stereocenters. The van der Waals surface area contributed by atoms with Crippen LogP contribution in [0.4, 0.5) is 5.69 Å². The number of aliphatic hydroxyl groups excluding tert-OH is 1. The SMILES string of the molecule is COC(=O)C1CCCN1C(=O)[C@H]1C2CC([C@@H](O)C2)N1C(=O)c1cc(O)cc([N+](=O)[O-])c1. The van der Waals surface area contributed by atoms with Gasteiger partial charge in [0.05, 0.1) is 35.8 Å². The Labute approximate surface area is 177 Å². The quantitative estimate of drug-likeness (QED) is 0.394. The van der Waals surface area contributed by atoms with Gasteiger partial charge >= 0.3 is 5.97 Å². The number of hydrogen-bond acceptors (Lipinski definition) is 8. The number of carbonyl (C=O) groups excluding carboxylic acids is 3. The summed E-state index contributed by atoms with van der Waals surface area (Å²) >= 11 is 0. The number of phenolic OH excluding ortho intramolecular Hbond substituents is 1. The molecule has 2 aliphatic heterocycles. The van der Waals surface area contributed by atoms with E-state index in [-0.39, 0.29) is 11.5 Å². The van der Waals surface area contributed by atoms with Crippen LogP contribution in [0.1, 0.15) is 36.0 Å². The number of ether oxygens (including phenoxy) is 1. The van der Waals surface area contributed by atoms with Crippen LogP contribution >= 0.6 is 0 Å². The molecule has 11 nitrogen and oxygen atoms in total. The Morgan fingerprint density at radius 1 is 1.23 bits per heavy atom. The molecule has 2 heterocycles. The Balaban J connectivity index is 1.67. The highest BCUT2D eigenvalue weighted by Gasteiger charge is 2.57. The number of aromatic hydroxyl groups is 1. The molecule has 4 rings (SSSR count). The lowest BCUT2D eigenvalue weighted by molar-refractivity contribution is -0.385. The molecule has 2 bridgehead atoms. The van der Waals surface area contributed by atoms with Gasteiger partial charge in [-0.15, -0.1) is 0 Å². The van der Waals surface area contributed by atoms with E-state index in [1.807, 2.05) is 0 Å². The summed E-state index contributed by atoms with van der Waals surface area (Å²) in [6, 6.07) is 0.826. The number of benzene rings is 1. The number of aliphatic hydroxyl groups is 1. The third-order valence-corrected chi connectivity index (χ3v) is 6.49. The summed E-state index contributed by atoms with van der Waals surface area (Å²) in [7, 11) is 1.25. The van der Waals surface area contributed by atoms with Crippen LogP contribution in [0.3, 0.4) is 0 Å². The maximum atomic E-state index is 13.4. The number of phenols is 1. The third kappa shape index (κ3) is 3.48. The number of fused-ring (bicyclic) bond motifs is 2.